The number of halogens is 1. The van der Waals surface area contributed by atoms with E-state index in [1.54, 1.807) is 17.4 Å². The van der Waals surface area contributed by atoms with Crippen molar-refractivity contribution in [3.63, 3.8) is 0 Å². The zero-order valence-corrected chi connectivity index (χ0v) is 14.4. The number of nitrogens with one attached hydrogen (secondary N) is 1. The van der Waals surface area contributed by atoms with Crippen molar-refractivity contribution in [3.05, 3.63) is 38.0 Å². The van der Waals surface area contributed by atoms with E-state index in [2.05, 4.69) is 33.9 Å². The van der Waals surface area contributed by atoms with Crippen LogP contribution in [0.5, 0.6) is 5.75 Å². The van der Waals surface area contributed by atoms with E-state index in [0.29, 0.717) is 10.6 Å². The molecule has 0 saturated carbocycles. The van der Waals surface area contributed by atoms with Crippen LogP contribution < -0.4 is 5.32 Å². The number of aromatic hydroxyl groups is 1. The van der Waals surface area contributed by atoms with Gasteiger partial charge in [-0.3, -0.25) is 4.79 Å². The molecule has 1 aromatic heterocycles. The Bertz CT molecular complexity index is 712. The lowest BCUT2D eigenvalue weighted by atomic mass is 9.95. The van der Waals surface area contributed by atoms with Crippen molar-refractivity contribution in [3.8, 4) is 5.75 Å². The maximum Gasteiger partial charge on any atom is 0.257 e. The van der Waals surface area contributed by atoms with E-state index in [9.17, 15) is 9.90 Å². The third kappa shape index (κ3) is 2.98. The second kappa shape index (κ2) is 6.02. The van der Waals surface area contributed by atoms with E-state index in [0.717, 1.165) is 28.6 Å². The van der Waals surface area contributed by atoms with Gasteiger partial charge < -0.3 is 10.4 Å². The highest BCUT2D eigenvalue weighted by molar-refractivity contribution is 9.11. The van der Waals surface area contributed by atoms with E-state index < -0.39 is 0 Å². The van der Waals surface area contributed by atoms with Crippen molar-refractivity contribution in [2.24, 2.45) is 0 Å². The molecule has 2 N–H and O–H groups in total. The Morgan fingerprint density at radius 3 is 2.86 bits per heavy atom. The molecule has 21 heavy (non-hydrogen) atoms. The molecular weight excluding hydrogens is 370 g/mol. The summed E-state index contributed by atoms with van der Waals surface area (Å²) in [6.07, 6.45) is 4.35. The maximum atomic E-state index is 12.6. The number of rotatable bonds is 2. The zero-order chi connectivity index (χ0) is 15.0. The quantitative estimate of drug-likeness (QED) is 0.522. The van der Waals surface area contributed by atoms with Crippen LogP contribution in [-0.4, -0.2) is 11.0 Å². The fourth-order valence-corrected chi connectivity index (χ4v) is 4.95. The molecule has 3 rings (SSSR count). The Morgan fingerprint density at radius 1 is 1.33 bits per heavy atom. The van der Waals surface area contributed by atoms with Gasteiger partial charge in [-0.15, -0.1) is 24.0 Å². The summed E-state index contributed by atoms with van der Waals surface area (Å²) in [6, 6.07) is 4.70. The number of carbonyl (C=O) groups excluding carboxylic acids is 1. The van der Waals surface area contributed by atoms with Crippen LogP contribution in [0.1, 0.15) is 33.6 Å². The first kappa shape index (κ1) is 14.9. The topological polar surface area (TPSA) is 49.3 Å². The summed E-state index contributed by atoms with van der Waals surface area (Å²) in [6.45, 7) is 0. The molecule has 0 atom stereocenters. The van der Waals surface area contributed by atoms with Gasteiger partial charge in [0.15, 0.2) is 0 Å². The average Bonchev–Trinajstić information content (AvgIpc) is 2.77. The van der Waals surface area contributed by atoms with Gasteiger partial charge in [0.1, 0.15) is 5.75 Å². The summed E-state index contributed by atoms with van der Waals surface area (Å²) in [5.74, 6) is 0.00866. The number of hydrogen-bond acceptors (Lipinski definition) is 4. The van der Waals surface area contributed by atoms with Crippen LogP contribution in [-0.2, 0) is 12.8 Å². The predicted molar refractivity (Wildman–Crippen MR) is 92.0 cm³/mol. The molecule has 0 spiro atoms. The zero-order valence-electron chi connectivity index (χ0n) is 11.1. The van der Waals surface area contributed by atoms with E-state index in [1.165, 1.54) is 29.0 Å². The van der Waals surface area contributed by atoms with Crippen LogP contribution in [0.3, 0.4) is 0 Å². The Balaban J connectivity index is 1.90. The standard InChI is InChI=1S/C15H14BrNO2S2/c16-14-13(9-3-1-2-4-12(9)21-14)15(19)17-10-6-5-8(18)7-11(10)20/h5-7,18,20H,1-4H2,(H,17,19). The number of hydrogen-bond donors (Lipinski definition) is 3. The molecule has 0 aliphatic heterocycles. The molecule has 0 saturated heterocycles. The van der Waals surface area contributed by atoms with Gasteiger partial charge in [0.25, 0.3) is 5.91 Å². The number of carbonyl (C=O) groups is 1. The van der Waals surface area contributed by atoms with E-state index in [4.69, 9.17) is 0 Å². The number of thiol groups is 1. The lowest BCUT2D eigenvalue weighted by Gasteiger charge is -2.13. The Labute approximate surface area is 140 Å². The van der Waals surface area contributed by atoms with Gasteiger partial charge >= 0.3 is 0 Å². The maximum absolute atomic E-state index is 12.6. The van der Waals surface area contributed by atoms with Crippen molar-refractivity contribution >= 4 is 51.5 Å². The van der Waals surface area contributed by atoms with Gasteiger partial charge in [-0.25, -0.2) is 0 Å². The Kier molecular flexibility index (Phi) is 4.28. The smallest absolute Gasteiger partial charge is 0.257 e. The second-order valence-corrected chi connectivity index (χ2v) is 7.92. The molecule has 1 amide bonds. The molecule has 0 fully saturated rings. The molecule has 0 radical (unpaired) electrons. The molecular formula is C15H14BrNO2S2. The van der Waals surface area contributed by atoms with Crippen molar-refractivity contribution in [2.75, 3.05) is 5.32 Å². The number of phenols is 1. The highest BCUT2D eigenvalue weighted by Crippen LogP contribution is 2.38. The second-order valence-electron chi connectivity index (χ2n) is 5.02. The van der Waals surface area contributed by atoms with E-state index in [1.807, 2.05) is 0 Å². The molecule has 110 valence electrons. The van der Waals surface area contributed by atoms with Gasteiger partial charge in [0.05, 0.1) is 15.0 Å². The summed E-state index contributed by atoms with van der Waals surface area (Å²) in [5, 5.41) is 12.3. The number of phenolic OH excluding ortho intramolecular Hbond substituents is 1. The van der Waals surface area contributed by atoms with Crippen molar-refractivity contribution in [1.29, 1.82) is 0 Å². The van der Waals surface area contributed by atoms with Gasteiger partial charge in [-0.05, 0) is 65.4 Å². The van der Waals surface area contributed by atoms with Crippen LogP contribution in [0.25, 0.3) is 0 Å². The summed E-state index contributed by atoms with van der Waals surface area (Å²) >= 11 is 9.46. The van der Waals surface area contributed by atoms with Gasteiger partial charge in [-0.2, -0.15) is 0 Å². The highest BCUT2D eigenvalue weighted by Gasteiger charge is 2.24. The van der Waals surface area contributed by atoms with Crippen LogP contribution in [0.2, 0.25) is 0 Å². The minimum absolute atomic E-state index is 0.123. The molecule has 1 heterocycles. The molecule has 0 bridgehead atoms. The lowest BCUT2D eigenvalue weighted by molar-refractivity contribution is 0.102. The number of anilines is 1. The largest absolute Gasteiger partial charge is 0.508 e. The van der Waals surface area contributed by atoms with Crippen LogP contribution in [0.4, 0.5) is 5.69 Å². The van der Waals surface area contributed by atoms with Crippen LogP contribution >= 0.6 is 39.9 Å². The minimum Gasteiger partial charge on any atom is -0.508 e. The predicted octanol–water partition coefficient (Wildman–Crippen LogP) is 4.64. The lowest BCUT2D eigenvalue weighted by Crippen LogP contribution is -2.15. The number of fused-ring (bicyclic) bond motifs is 1. The first-order valence-corrected chi connectivity index (χ1v) is 8.75. The normalized spacial score (nSPS) is 13.8. The number of amides is 1. The highest BCUT2D eigenvalue weighted by atomic mass is 79.9. The van der Waals surface area contributed by atoms with Gasteiger partial charge in [0, 0.05) is 9.77 Å². The summed E-state index contributed by atoms with van der Waals surface area (Å²) in [5.41, 5.74) is 2.52. The SMILES string of the molecule is O=C(Nc1ccc(O)cc1S)c1c(Br)sc2c1CCCC2. The molecule has 2 aromatic rings. The molecule has 0 unspecified atom stereocenters. The fraction of sp³-hybridized carbons (Fsp3) is 0.267. The monoisotopic (exact) mass is 383 g/mol. The summed E-state index contributed by atoms with van der Waals surface area (Å²) < 4.78 is 0.895. The number of aryl methyl sites for hydroxylation is 1. The number of thiophene rings is 1. The molecule has 1 aromatic carbocycles. The number of benzene rings is 1. The van der Waals surface area contributed by atoms with Crippen LogP contribution in [0.15, 0.2) is 26.9 Å². The summed E-state index contributed by atoms with van der Waals surface area (Å²) in [7, 11) is 0. The van der Waals surface area contributed by atoms with Crippen molar-refractivity contribution in [1.82, 2.24) is 0 Å². The van der Waals surface area contributed by atoms with Crippen molar-refractivity contribution in [2.45, 2.75) is 30.6 Å². The van der Waals surface area contributed by atoms with Crippen molar-refractivity contribution < 1.29 is 9.90 Å². The molecule has 1 aliphatic rings. The first-order chi connectivity index (χ1) is 10.1. The van der Waals surface area contributed by atoms with Crippen LogP contribution in [0, 0.1) is 0 Å². The van der Waals surface area contributed by atoms with E-state index in [-0.39, 0.29) is 11.7 Å². The molecule has 1 aliphatic carbocycles. The first-order valence-electron chi connectivity index (χ1n) is 6.69. The third-order valence-corrected chi connectivity index (χ3v) is 5.92. The Hall–Kier alpha value is -0.980. The Morgan fingerprint density at radius 2 is 2.10 bits per heavy atom. The van der Waals surface area contributed by atoms with Gasteiger partial charge in [-0.1, -0.05) is 0 Å². The fourth-order valence-electron chi connectivity index (χ4n) is 2.57. The van der Waals surface area contributed by atoms with E-state index >= 15 is 0 Å². The minimum atomic E-state index is -0.123. The molecule has 3 nitrogen and oxygen atoms in total. The average molecular weight is 384 g/mol. The third-order valence-electron chi connectivity index (χ3n) is 3.58. The molecule has 6 heteroatoms. The van der Waals surface area contributed by atoms with Gasteiger partial charge in [0.2, 0.25) is 0 Å². The summed E-state index contributed by atoms with van der Waals surface area (Å²) in [4.78, 5) is 14.4.